The maximum Gasteiger partial charge on any atom is 0.123 e. The van der Waals surface area contributed by atoms with E-state index in [1.165, 1.54) is 12.1 Å². The highest BCUT2D eigenvalue weighted by Gasteiger charge is 2.00. The van der Waals surface area contributed by atoms with Crippen molar-refractivity contribution in [3.8, 4) is 0 Å². The van der Waals surface area contributed by atoms with Gasteiger partial charge in [-0.2, -0.15) is 0 Å². The lowest BCUT2D eigenvalue weighted by Gasteiger charge is -2.07. The van der Waals surface area contributed by atoms with Gasteiger partial charge in [-0.05, 0) is 54.4 Å². The van der Waals surface area contributed by atoms with Crippen molar-refractivity contribution >= 4 is 27.5 Å². The Bertz CT molecular complexity index is 542. The molecule has 0 bridgehead atoms. The van der Waals surface area contributed by atoms with Crippen LogP contribution in [0.3, 0.4) is 0 Å². The first kappa shape index (κ1) is 14.5. The van der Waals surface area contributed by atoms with Crippen molar-refractivity contribution in [2.45, 2.75) is 13.0 Å². The molecule has 1 nitrogen and oxygen atoms in total. The SMILES string of the molecule is Fc1ccc(CCNCc2cc(Cl)ccc2Br)cc1. The molecule has 100 valence electrons. The van der Waals surface area contributed by atoms with E-state index in [0.29, 0.717) is 0 Å². The van der Waals surface area contributed by atoms with Crippen molar-refractivity contribution in [2.75, 3.05) is 6.54 Å². The van der Waals surface area contributed by atoms with Gasteiger partial charge in [0, 0.05) is 16.0 Å². The van der Waals surface area contributed by atoms with E-state index in [4.69, 9.17) is 11.6 Å². The first-order valence-electron chi connectivity index (χ1n) is 6.04. The van der Waals surface area contributed by atoms with Gasteiger partial charge >= 0.3 is 0 Å². The molecule has 0 aliphatic rings. The summed E-state index contributed by atoms with van der Waals surface area (Å²) in [4.78, 5) is 0. The van der Waals surface area contributed by atoms with Gasteiger partial charge in [0.2, 0.25) is 0 Å². The number of hydrogen-bond acceptors (Lipinski definition) is 1. The van der Waals surface area contributed by atoms with Gasteiger partial charge in [0.1, 0.15) is 5.82 Å². The maximum absolute atomic E-state index is 12.7. The molecule has 2 aromatic rings. The molecule has 0 radical (unpaired) electrons. The Hall–Kier alpha value is -0.900. The van der Waals surface area contributed by atoms with E-state index in [1.807, 2.05) is 30.3 Å². The number of benzene rings is 2. The molecule has 19 heavy (non-hydrogen) atoms. The Morgan fingerprint density at radius 2 is 1.84 bits per heavy atom. The molecule has 0 aliphatic carbocycles. The third-order valence-electron chi connectivity index (χ3n) is 2.83. The van der Waals surface area contributed by atoms with Gasteiger partial charge in [0.25, 0.3) is 0 Å². The monoisotopic (exact) mass is 341 g/mol. The van der Waals surface area contributed by atoms with Crippen LogP contribution in [0.1, 0.15) is 11.1 Å². The summed E-state index contributed by atoms with van der Waals surface area (Å²) >= 11 is 9.45. The van der Waals surface area contributed by atoms with E-state index in [0.717, 1.165) is 40.1 Å². The molecule has 0 saturated heterocycles. The molecule has 2 rings (SSSR count). The molecule has 0 spiro atoms. The second-order valence-corrected chi connectivity index (χ2v) is 5.58. The summed E-state index contributed by atoms with van der Waals surface area (Å²) in [5.41, 5.74) is 2.26. The zero-order valence-corrected chi connectivity index (χ0v) is 12.6. The van der Waals surface area contributed by atoms with Gasteiger partial charge in [0.15, 0.2) is 0 Å². The van der Waals surface area contributed by atoms with Crippen LogP contribution in [0.2, 0.25) is 5.02 Å². The van der Waals surface area contributed by atoms with Crippen LogP contribution >= 0.6 is 27.5 Å². The van der Waals surface area contributed by atoms with Crippen LogP contribution < -0.4 is 5.32 Å². The quantitative estimate of drug-likeness (QED) is 0.785. The lowest BCUT2D eigenvalue weighted by atomic mass is 10.1. The average Bonchev–Trinajstić information content (AvgIpc) is 2.40. The molecule has 0 unspecified atom stereocenters. The number of hydrogen-bond donors (Lipinski definition) is 1. The smallest absolute Gasteiger partial charge is 0.123 e. The number of nitrogens with one attached hydrogen (secondary N) is 1. The maximum atomic E-state index is 12.7. The second kappa shape index (κ2) is 7.04. The number of rotatable bonds is 5. The summed E-state index contributed by atoms with van der Waals surface area (Å²) in [5.74, 6) is -0.195. The molecule has 4 heteroatoms. The number of halogens is 3. The minimum atomic E-state index is -0.195. The highest BCUT2D eigenvalue weighted by Crippen LogP contribution is 2.20. The van der Waals surface area contributed by atoms with E-state index in [9.17, 15) is 4.39 Å². The lowest BCUT2D eigenvalue weighted by molar-refractivity contribution is 0.626. The average molecular weight is 343 g/mol. The first-order chi connectivity index (χ1) is 9.15. The zero-order valence-electron chi connectivity index (χ0n) is 10.3. The summed E-state index contributed by atoms with van der Waals surface area (Å²) in [6.45, 7) is 1.59. The minimum Gasteiger partial charge on any atom is -0.312 e. The molecular weight excluding hydrogens is 329 g/mol. The fraction of sp³-hybridized carbons (Fsp3) is 0.200. The zero-order chi connectivity index (χ0) is 13.7. The van der Waals surface area contributed by atoms with Gasteiger partial charge in [0.05, 0.1) is 0 Å². The highest BCUT2D eigenvalue weighted by atomic mass is 79.9. The largest absolute Gasteiger partial charge is 0.312 e. The summed E-state index contributed by atoms with van der Waals surface area (Å²) in [6, 6.07) is 12.3. The van der Waals surface area contributed by atoms with Crippen LogP contribution in [0.15, 0.2) is 46.9 Å². The van der Waals surface area contributed by atoms with E-state index in [1.54, 1.807) is 0 Å². The third kappa shape index (κ3) is 4.60. The van der Waals surface area contributed by atoms with Crippen LogP contribution in [0, 0.1) is 5.82 Å². The van der Waals surface area contributed by atoms with E-state index < -0.39 is 0 Å². The summed E-state index contributed by atoms with van der Waals surface area (Å²) < 4.78 is 13.8. The molecular formula is C15H14BrClFN. The van der Waals surface area contributed by atoms with Gasteiger partial charge < -0.3 is 5.32 Å². The van der Waals surface area contributed by atoms with Crippen molar-refractivity contribution in [2.24, 2.45) is 0 Å². The van der Waals surface area contributed by atoms with Crippen LogP contribution in [0.4, 0.5) is 4.39 Å². The van der Waals surface area contributed by atoms with Crippen molar-refractivity contribution in [1.82, 2.24) is 5.32 Å². The second-order valence-electron chi connectivity index (χ2n) is 4.29. The van der Waals surface area contributed by atoms with Crippen LogP contribution in [-0.2, 0) is 13.0 Å². The van der Waals surface area contributed by atoms with E-state index in [-0.39, 0.29) is 5.82 Å². The Labute approximate surface area is 125 Å². The topological polar surface area (TPSA) is 12.0 Å². The highest BCUT2D eigenvalue weighted by molar-refractivity contribution is 9.10. The standard InChI is InChI=1S/C15H14BrClFN/c16-15-6-3-13(17)9-12(15)10-19-8-7-11-1-4-14(18)5-2-11/h1-6,9,19H,7-8,10H2. The molecule has 0 fully saturated rings. The van der Waals surface area contributed by atoms with Crippen molar-refractivity contribution in [1.29, 1.82) is 0 Å². The molecule has 0 saturated carbocycles. The van der Waals surface area contributed by atoms with Gasteiger partial charge in [-0.25, -0.2) is 4.39 Å². The fourth-order valence-corrected chi connectivity index (χ4v) is 2.37. The lowest BCUT2D eigenvalue weighted by Crippen LogP contribution is -2.17. The Morgan fingerprint density at radius 1 is 1.11 bits per heavy atom. The van der Waals surface area contributed by atoms with Gasteiger partial charge in [-0.3, -0.25) is 0 Å². The van der Waals surface area contributed by atoms with Crippen molar-refractivity contribution < 1.29 is 4.39 Å². The third-order valence-corrected chi connectivity index (χ3v) is 3.84. The summed E-state index contributed by atoms with van der Waals surface area (Å²) in [6.07, 6.45) is 0.873. The Kier molecular flexibility index (Phi) is 5.37. The molecule has 2 aromatic carbocycles. The van der Waals surface area contributed by atoms with Crippen LogP contribution in [0.25, 0.3) is 0 Å². The molecule has 0 aromatic heterocycles. The van der Waals surface area contributed by atoms with Crippen molar-refractivity contribution in [3.05, 3.63) is 68.9 Å². The van der Waals surface area contributed by atoms with E-state index in [2.05, 4.69) is 21.2 Å². The van der Waals surface area contributed by atoms with Gasteiger partial charge in [-0.1, -0.05) is 39.7 Å². The molecule has 0 aliphatic heterocycles. The minimum absolute atomic E-state index is 0.195. The van der Waals surface area contributed by atoms with Crippen LogP contribution in [-0.4, -0.2) is 6.54 Å². The Morgan fingerprint density at radius 3 is 2.58 bits per heavy atom. The van der Waals surface area contributed by atoms with E-state index >= 15 is 0 Å². The predicted octanol–water partition coefficient (Wildman–Crippen LogP) is 4.57. The summed E-state index contributed by atoms with van der Waals surface area (Å²) in [7, 11) is 0. The first-order valence-corrected chi connectivity index (χ1v) is 7.21. The predicted molar refractivity (Wildman–Crippen MR) is 81.0 cm³/mol. The van der Waals surface area contributed by atoms with Crippen LogP contribution in [0.5, 0.6) is 0 Å². The summed E-state index contributed by atoms with van der Waals surface area (Å²) in [5, 5.41) is 4.09. The molecule has 0 atom stereocenters. The molecule has 0 amide bonds. The molecule has 0 heterocycles. The van der Waals surface area contributed by atoms with Gasteiger partial charge in [-0.15, -0.1) is 0 Å². The normalized spacial score (nSPS) is 10.7. The Balaban J connectivity index is 1.80. The molecule has 1 N–H and O–H groups in total. The fourth-order valence-electron chi connectivity index (χ4n) is 1.79. The van der Waals surface area contributed by atoms with Crippen molar-refractivity contribution in [3.63, 3.8) is 0 Å².